The molecule has 5 heterocycles. The molecular formula is C52H49ClF4N10O11S3. The van der Waals surface area contributed by atoms with E-state index < -0.39 is 100.0 Å². The van der Waals surface area contributed by atoms with E-state index in [1.165, 1.54) is 54.0 Å². The summed E-state index contributed by atoms with van der Waals surface area (Å²) in [4.78, 5) is 80.6. The molecule has 426 valence electrons. The molecule has 1 aliphatic rings. The number of pyridine rings is 4. The number of aliphatic hydroxyl groups is 1. The molecule has 2 aromatic carbocycles. The van der Waals surface area contributed by atoms with Crippen LogP contribution in [0.25, 0.3) is 33.2 Å². The Morgan fingerprint density at radius 3 is 2.38 bits per heavy atom. The number of carbonyl (C=O) groups excluding carboxylic acids is 5. The normalized spacial score (nSPS) is 14.5. The van der Waals surface area contributed by atoms with Crippen molar-refractivity contribution in [1.29, 1.82) is 5.26 Å². The average molecular weight is 1200 g/mol. The van der Waals surface area contributed by atoms with Gasteiger partial charge in [0.05, 0.1) is 66.4 Å². The fourth-order valence-corrected chi connectivity index (χ4v) is 11.3. The average Bonchev–Trinajstić information content (AvgIpc) is 3.91. The van der Waals surface area contributed by atoms with E-state index >= 15 is 0 Å². The third kappa shape index (κ3) is 16.4. The number of nitriles is 1. The number of halogens is 5. The van der Waals surface area contributed by atoms with Crippen LogP contribution in [0.3, 0.4) is 0 Å². The molecule has 0 radical (unpaired) electrons. The zero-order valence-electron chi connectivity index (χ0n) is 42.8. The van der Waals surface area contributed by atoms with E-state index in [-0.39, 0.29) is 66.2 Å². The largest absolute Gasteiger partial charge is 0.508 e. The minimum atomic E-state index is -4.52. The van der Waals surface area contributed by atoms with E-state index in [9.17, 15) is 60.3 Å². The Kier molecular flexibility index (Phi) is 20.7. The molecule has 21 nitrogen and oxygen atoms in total. The van der Waals surface area contributed by atoms with E-state index in [2.05, 4.69) is 40.6 Å². The van der Waals surface area contributed by atoms with Gasteiger partial charge in [0.2, 0.25) is 23.6 Å². The molecule has 7 rings (SSSR count). The van der Waals surface area contributed by atoms with Crippen LogP contribution in [0.4, 0.5) is 28.0 Å². The second-order valence-corrected chi connectivity index (χ2v) is 22.5. The molecule has 29 heteroatoms. The SMILES string of the molecule is COc1ncc(-c2ccc3nccc(-c4ccc(COC(=O)OCCSSCC(CO)NC(=O)CCC(=O)NCc5cc(C(=O)NC(C)C(=O)N6CC(F)(F)CC6C#N)c(Cl)cn5)nc4)c3c2)cc1NS(=O)(=O)c1ccc(F)cc1F. The van der Waals surface area contributed by atoms with Gasteiger partial charge in [0.15, 0.2) is 0 Å². The number of fused-ring (bicyclic) bond motifs is 1. The Morgan fingerprint density at radius 2 is 1.65 bits per heavy atom. The number of ether oxygens (including phenoxy) is 3. The van der Waals surface area contributed by atoms with Crippen LogP contribution in [0.15, 0.2) is 96.4 Å². The number of aliphatic hydroxyl groups excluding tert-OH is 1. The monoisotopic (exact) mass is 1200 g/mol. The summed E-state index contributed by atoms with van der Waals surface area (Å²) in [5, 5.41) is 27.3. The van der Waals surface area contributed by atoms with E-state index in [4.69, 9.17) is 25.8 Å². The van der Waals surface area contributed by atoms with Gasteiger partial charge in [-0.25, -0.2) is 35.8 Å². The van der Waals surface area contributed by atoms with Gasteiger partial charge < -0.3 is 40.2 Å². The van der Waals surface area contributed by atoms with Crippen molar-refractivity contribution in [1.82, 2.24) is 40.8 Å². The van der Waals surface area contributed by atoms with Gasteiger partial charge in [-0.1, -0.05) is 45.3 Å². The number of anilines is 1. The molecular weight excluding hydrogens is 1150 g/mol. The van der Waals surface area contributed by atoms with E-state index in [1.807, 2.05) is 6.07 Å². The van der Waals surface area contributed by atoms with Crippen molar-refractivity contribution in [2.45, 2.75) is 68.3 Å². The van der Waals surface area contributed by atoms with Gasteiger partial charge in [-0.05, 0) is 66.6 Å². The van der Waals surface area contributed by atoms with Crippen LogP contribution in [0, 0.1) is 23.0 Å². The summed E-state index contributed by atoms with van der Waals surface area (Å²) in [5.41, 5.74) is 3.58. The van der Waals surface area contributed by atoms with Gasteiger partial charge >= 0.3 is 6.16 Å². The van der Waals surface area contributed by atoms with Crippen LogP contribution < -0.4 is 25.4 Å². The van der Waals surface area contributed by atoms with Gasteiger partial charge in [0.25, 0.3) is 21.9 Å². The molecule has 6 aromatic rings. The summed E-state index contributed by atoms with van der Waals surface area (Å²) >= 11 is 6.17. The van der Waals surface area contributed by atoms with Crippen molar-refractivity contribution in [2.75, 3.05) is 43.1 Å². The number of methoxy groups -OCH3 is 1. The summed E-state index contributed by atoms with van der Waals surface area (Å²) in [6.45, 7) is -0.439. The molecule has 3 atom stereocenters. The van der Waals surface area contributed by atoms with E-state index in [0.29, 0.717) is 45.1 Å². The summed E-state index contributed by atoms with van der Waals surface area (Å²) < 4.78 is 99.9. The molecule has 0 spiro atoms. The summed E-state index contributed by atoms with van der Waals surface area (Å²) in [5.74, 6) is -7.66. The maximum Gasteiger partial charge on any atom is 0.508 e. The predicted molar refractivity (Wildman–Crippen MR) is 290 cm³/mol. The van der Waals surface area contributed by atoms with Crippen LogP contribution in [0.5, 0.6) is 5.88 Å². The number of alkyl halides is 2. The molecule has 4 aromatic heterocycles. The van der Waals surface area contributed by atoms with Crippen molar-refractivity contribution in [2.24, 2.45) is 0 Å². The van der Waals surface area contributed by atoms with Crippen LogP contribution in [0.1, 0.15) is 47.9 Å². The lowest BCUT2D eigenvalue weighted by Crippen LogP contribution is -2.48. The Morgan fingerprint density at radius 1 is 0.901 bits per heavy atom. The minimum Gasteiger partial charge on any atom is -0.480 e. The summed E-state index contributed by atoms with van der Waals surface area (Å²) in [7, 11) is -0.620. The Balaban J connectivity index is 0.797. The predicted octanol–water partition coefficient (Wildman–Crippen LogP) is 6.98. The quantitative estimate of drug-likeness (QED) is 0.0177. The molecule has 81 heavy (non-hydrogen) atoms. The fraction of sp³-hybridized carbons (Fsp3) is 0.308. The standard InChI is InChI=1S/C52H49ClF4N10O11S3/c1-29(50(72)67-28-52(56,57)19-37(67)20-58)64-48(71)40-18-35(61-24-41(40)53)23-62-46(69)9-10-47(70)65-36(25-68)27-80-79-14-13-77-51(73)78-26-34-6-3-31(21-60-34)38-11-12-59-43-7-4-30(15-39(38)43)32-16-44(49(76-2)63-22-32)66-81(74,75)45-8-5-33(54)17-42(45)55/h3-8,11-12,15-18,21-22,24,29,36-37,66,68H,9-10,13-14,19,23,25-28H2,1-2H3,(H,62,69)(H,64,71)(H,65,70). The van der Waals surface area contributed by atoms with E-state index in [1.54, 1.807) is 48.8 Å². The number of benzene rings is 2. The molecule has 1 aliphatic heterocycles. The third-order valence-corrected chi connectivity index (χ3v) is 16.1. The van der Waals surface area contributed by atoms with Gasteiger partial charge in [-0.3, -0.25) is 38.9 Å². The number of hydrogen-bond acceptors (Lipinski definition) is 18. The number of hydrogen-bond donors (Lipinski definition) is 5. The number of aromatic nitrogens is 4. The first kappa shape index (κ1) is 60.8. The second kappa shape index (κ2) is 27.6. The lowest BCUT2D eigenvalue weighted by atomic mass is 9.98. The highest BCUT2D eigenvalue weighted by Crippen LogP contribution is 2.35. The molecule has 0 saturated carbocycles. The second-order valence-electron chi connectivity index (χ2n) is 17.8. The van der Waals surface area contributed by atoms with Crippen LogP contribution in [-0.2, 0) is 47.0 Å². The zero-order valence-corrected chi connectivity index (χ0v) is 46.0. The molecule has 0 aliphatic carbocycles. The topological polar surface area (TPSA) is 294 Å². The number of nitrogens with one attached hydrogen (secondary N) is 4. The number of carbonyl (C=O) groups is 5. The number of sulfonamides is 1. The Labute approximate surface area is 473 Å². The molecule has 1 fully saturated rings. The van der Waals surface area contributed by atoms with Crippen molar-refractivity contribution >= 4 is 89.6 Å². The highest BCUT2D eigenvalue weighted by Gasteiger charge is 2.48. The number of amides is 4. The van der Waals surface area contributed by atoms with Crippen molar-refractivity contribution in [3.63, 3.8) is 0 Å². The van der Waals surface area contributed by atoms with Gasteiger partial charge in [-0.2, -0.15) is 5.26 Å². The number of nitrogens with zero attached hydrogens (tertiary/aromatic N) is 6. The van der Waals surface area contributed by atoms with Crippen LogP contribution >= 0.6 is 33.2 Å². The summed E-state index contributed by atoms with van der Waals surface area (Å²) in [6, 6.07) is 13.8. The van der Waals surface area contributed by atoms with Crippen molar-refractivity contribution in [3.05, 3.63) is 125 Å². The number of likely N-dealkylation sites (tertiary alicyclic amines) is 1. The number of rotatable bonds is 24. The minimum absolute atomic E-state index is 0.0138. The molecule has 1 saturated heterocycles. The third-order valence-electron chi connectivity index (χ3n) is 12.0. The molecule has 3 unspecified atom stereocenters. The van der Waals surface area contributed by atoms with Gasteiger partial charge in [0, 0.05) is 78.1 Å². The Hall–Kier alpha value is -7.84. The van der Waals surface area contributed by atoms with Crippen molar-refractivity contribution < 1.29 is 69.3 Å². The van der Waals surface area contributed by atoms with Crippen LogP contribution in [-0.4, -0.2) is 131 Å². The first-order valence-electron chi connectivity index (χ1n) is 24.3. The fourth-order valence-electron chi connectivity index (χ4n) is 7.95. The van der Waals surface area contributed by atoms with Crippen molar-refractivity contribution in [3.8, 4) is 34.2 Å². The first-order chi connectivity index (χ1) is 38.7. The maximum absolute atomic E-state index is 14.5. The smallest absolute Gasteiger partial charge is 0.480 e. The molecule has 0 bridgehead atoms. The first-order valence-corrected chi connectivity index (χ1v) is 28.6. The lowest BCUT2D eigenvalue weighted by Gasteiger charge is -2.23. The molecule has 4 amide bonds. The summed E-state index contributed by atoms with van der Waals surface area (Å²) in [6.07, 6.45) is 3.65. The van der Waals surface area contributed by atoms with E-state index in [0.717, 1.165) is 28.8 Å². The van der Waals surface area contributed by atoms with Gasteiger partial charge in [0.1, 0.15) is 47.5 Å². The highest BCUT2D eigenvalue weighted by atomic mass is 35.5. The zero-order chi connectivity index (χ0) is 58.4. The molecule has 5 N–H and O–H groups in total. The van der Waals surface area contributed by atoms with Crippen LogP contribution in [0.2, 0.25) is 5.02 Å². The van der Waals surface area contributed by atoms with Gasteiger partial charge in [-0.15, -0.1) is 0 Å². The maximum atomic E-state index is 14.5. The lowest BCUT2D eigenvalue weighted by molar-refractivity contribution is -0.134. The Bertz CT molecular complexity index is 3480. The highest BCUT2D eigenvalue weighted by molar-refractivity contribution is 8.76.